The maximum Gasteiger partial charge on any atom is 0.303 e. The van der Waals surface area contributed by atoms with Crippen molar-refractivity contribution < 1.29 is 23.1 Å². The summed E-state index contributed by atoms with van der Waals surface area (Å²) in [6.45, 7) is 0. The number of hydrogen-bond acceptors (Lipinski definition) is 4. The second-order valence-corrected chi connectivity index (χ2v) is 5.98. The van der Waals surface area contributed by atoms with E-state index < -0.39 is 15.8 Å². The molecule has 0 bridgehead atoms. The Morgan fingerprint density at radius 1 is 1.11 bits per heavy atom. The molecule has 1 aromatic rings. The molecule has 0 aliphatic rings. The van der Waals surface area contributed by atoms with Crippen LogP contribution in [0.25, 0.3) is 0 Å². The zero-order valence-electron chi connectivity index (χ0n) is 9.92. The number of carboxylic acids is 1. The molecule has 0 saturated heterocycles. The zero-order chi connectivity index (χ0) is 13.8. The van der Waals surface area contributed by atoms with Crippen molar-refractivity contribution in [3.8, 4) is 0 Å². The van der Waals surface area contributed by atoms with Crippen LogP contribution in [0, 0.1) is 0 Å². The zero-order valence-corrected chi connectivity index (χ0v) is 10.7. The Balaban J connectivity index is 2.68. The molecule has 18 heavy (non-hydrogen) atoms. The first-order valence-corrected chi connectivity index (χ1v) is 7.25. The molecule has 0 radical (unpaired) electrons. The topological polar surface area (TPSA) is 88.5 Å². The molecule has 0 spiro atoms. The summed E-state index contributed by atoms with van der Waals surface area (Å²) in [6.07, 6.45) is 1.47. The predicted molar refractivity (Wildman–Crippen MR) is 65.4 cm³/mol. The molecule has 0 amide bonds. The van der Waals surface area contributed by atoms with Crippen molar-refractivity contribution in [2.45, 2.75) is 24.2 Å². The number of aliphatic carboxylic acids is 1. The fraction of sp³-hybridized carbons (Fsp3) is 0.333. The molecule has 5 nitrogen and oxygen atoms in total. The van der Waals surface area contributed by atoms with Crippen molar-refractivity contribution in [2.75, 3.05) is 6.26 Å². The third-order valence-corrected chi connectivity index (χ3v) is 3.53. The summed E-state index contributed by atoms with van der Waals surface area (Å²) in [7, 11) is -3.26. The Hall–Kier alpha value is -1.69. The fourth-order valence-electron chi connectivity index (χ4n) is 1.43. The Kier molecular flexibility index (Phi) is 4.61. The van der Waals surface area contributed by atoms with Gasteiger partial charge in [-0.1, -0.05) is 12.1 Å². The van der Waals surface area contributed by atoms with Gasteiger partial charge in [0.2, 0.25) is 0 Å². The lowest BCUT2D eigenvalue weighted by atomic mass is 10.1. The number of hydrogen-bond donors (Lipinski definition) is 1. The molecule has 0 aromatic heterocycles. The summed E-state index contributed by atoms with van der Waals surface area (Å²) in [5, 5.41) is 8.44. The molecule has 0 heterocycles. The molecule has 0 fully saturated rings. The molecule has 0 aliphatic heterocycles. The van der Waals surface area contributed by atoms with Crippen molar-refractivity contribution in [3.05, 3.63) is 29.8 Å². The van der Waals surface area contributed by atoms with Crippen LogP contribution in [0.4, 0.5) is 0 Å². The first kappa shape index (κ1) is 14.4. The van der Waals surface area contributed by atoms with E-state index in [9.17, 15) is 18.0 Å². The van der Waals surface area contributed by atoms with Gasteiger partial charge in [-0.25, -0.2) is 8.42 Å². The standard InChI is InChI=1S/C12H14O5S/c1-18(16,17)10-7-5-9(6-8-10)11(13)3-2-4-12(14)15/h5-8H,2-4H2,1H3,(H,14,15). The van der Waals surface area contributed by atoms with E-state index in [-0.39, 0.29) is 29.9 Å². The fourth-order valence-corrected chi connectivity index (χ4v) is 2.06. The molecule has 0 aliphatic carbocycles. The molecule has 0 unspecified atom stereocenters. The third-order valence-electron chi connectivity index (χ3n) is 2.40. The summed E-state index contributed by atoms with van der Waals surface area (Å²) in [5.41, 5.74) is 0.396. The first-order chi connectivity index (χ1) is 8.30. The minimum Gasteiger partial charge on any atom is -0.481 e. The maximum absolute atomic E-state index is 11.6. The number of benzene rings is 1. The van der Waals surface area contributed by atoms with Gasteiger partial charge >= 0.3 is 5.97 Å². The van der Waals surface area contributed by atoms with E-state index in [0.717, 1.165) is 6.26 Å². The van der Waals surface area contributed by atoms with Gasteiger partial charge in [-0.2, -0.15) is 0 Å². The minimum atomic E-state index is -3.26. The van der Waals surface area contributed by atoms with Crippen molar-refractivity contribution in [1.29, 1.82) is 0 Å². The molecular formula is C12H14O5S. The van der Waals surface area contributed by atoms with Gasteiger partial charge in [-0.05, 0) is 18.6 Å². The lowest BCUT2D eigenvalue weighted by Crippen LogP contribution is -2.03. The molecule has 0 atom stereocenters. The average Bonchev–Trinajstić information content (AvgIpc) is 2.27. The van der Waals surface area contributed by atoms with Crippen molar-refractivity contribution >= 4 is 21.6 Å². The Bertz CT molecular complexity index is 542. The monoisotopic (exact) mass is 270 g/mol. The highest BCUT2D eigenvalue weighted by Gasteiger charge is 2.10. The van der Waals surface area contributed by atoms with Gasteiger partial charge in [-0.15, -0.1) is 0 Å². The average molecular weight is 270 g/mol. The molecular weight excluding hydrogens is 256 g/mol. The normalized spacial score (nSPS) is 11.2. The first-order valence-electron chi connectivity index (χ1n) is 5.36. The van der Waals surface area contributed by atoms with Crippen molar-refractivity contribution in [3.63, 3.8) is 0 Å². The van der Waals surface area contributed by atoms with Gasteiger partial charge in [0, 0.05) is 24.7 Å². The number of carbonyl (C=O) groups is 2. The Labute approximate surface area is 105 Å². The SMILES string of the molecule is CS(=O)(=O)c1ccc(C(=O)CCCC(=O)O)cc1. The van der Waals surface area contributed by atoms with Gasteiger partial charge in [0.15, 0.2) is 15.6 Å². The van der Waals surface area contributed by atoms with Gasteiger partial charge < -0.3 is 5.11 Å². The quantitative estimate of drug-likeness (QED) is 0.792. The highest BCUT2D eigenvalue weighted by atomic mass is 32.2. The van der Waals surface area contributed by atoms with Crippen LogP contribution in [0.15, 0.2) is 29.2 Å². The van der Waals surface area contributed by atoms with Crippen LogP contribution in [-0.2, 0) is 14.6 Å². The summed E-state index contributed by atoms with van der Waals surface area (Å²) >= 11 is 0. The smallest absolute Gasteiger partial charge is 0.303 e. The van der Waals surface area contributed by atoms with E-state index >= 15 is 0 Å². The lowest BCUT2D eigenvalue weighted by molar-refractivity contribution is -0.137. The van der Waals surface area contributed by atoms with Crippen molar-refractivity contribution in [2.24, 2.45) is 0 Å². The van der Waals surface area contributed by atoms with Crippen LogP contribution >= 0.6 is 0 Å². The second kappa shape index (κ2) is 5.77. The van der Waals surface area contributed by atoms with Gasteiger partial charge in [0.25, 0.3) is 0 Å². The second-order valence-electron chi connectivity index (χ2n) is 3.97. The largest absolute Gasteiger partial charge is 0.481 e. The number of rotatable bonds is 6. The summed E-state index contributed by atoms with van der Waals surface area (Å²) in [4.78, 5) is 22.1. The van der Waals surface area contributed by atoms with E-state index in [2.05, 4.69) is 0 Å². The molecule has 6 heteroatoms. The highest BCUT2D eigenvalue weighted by molar-refractivity contribution is 7.90. The summed E-state index contributed by atoms with van der Waals surface area (Å²) in [6, 6.07) is 5.64. The minimum absolute atomic E-state index is 0.0484. The van der Waals surface area contributed by atoms with E-state index in [1.807, 2.05) is 0 Å². The number of carbonyl (C=O) groups excluding carboxylic acids is 1. The third kappa shape index (κ3) is 4.29. The van der Waals surface area contributed by atoms with Gasteiger partial charge in [0.05, 0.1) is 4.90 Å². The number of sulfone groups is 1. The van der Waals surface area contributed by atoms with Crippen LogP contribution in [0.5, 0.6) is 0 Å². The molecule has 98 valence electrons. The molecule has 1 rings (SSSR count). The van der Waals surface area contributed by atoms with Crippen LogP contribution in [0.2, 0.25) is 0 Å². The molecule has 1 aromatic carbocycles. The molecule has 0 saturated carbocycles. The Morgan fingerprint density at radius 3 is 2.11 bits per heavy atom. The summed E-state index contributed by atoms with van der Waals surface area (Å²) < 4.78 is 22.4. The van der Waals surface area contributed by atoms with Crippen LogP contribution < -0.4 is 0 Å². The maximum atomic E-state index is 11.6. The Morgan fingerprint density at radius 2 is 1.67 bits per heavy atom. The van der Waals surface area contributed by atoms with Crippen LogP contribution in [0.3, 0.4) is 0 Å². The van der Waals surface area contributed by atoms with E-state index in [1.54, 1.807) is 0 Å². The van der Waals surface area contributed by atoms with Crippen LogP contribution in [-0.4, -0.2) is 31.5 Å². The van der Waals surface area contributed by atoms with E-state index in [0.29, 0.717) is 5.56 Å². The van der Waals surface area contributed by atoms with Gasteiger partial charge in [0.1, 0.15) is 0 Å². The molecule has 1 N–H and O–H groups in total. The highest BCUT2D eigenvalue weighted by Crippen LogP contribution is 2.12. The predicted octanol–water partition coefficient (Wildman–Crippen LogP) is 1.53. The van der Waals surface area contributed by atoms with Crippen molar-refractivity contribution in [1.82, 2.24) is 0 Å². The number of ketones is 1. The van der Waals surface area contributed by atoms with Crippen LogP contribution in [0.1, 0.15) is 29.6 Å². The lowest BCUT2D eigenvalue weighted by Gasteiger charge is -2.02. The van der Waals surface area contributed by atoms with E-state index in [1.165, 1.54) is 24.3 Å². The van der Waals surface area contributed by atoms with Gasteiger partial charge in [-0.3, -0.25) is 9.59 Å². The number of Topliss-reactive ketones (excluding diaryl/α,β-unsaturated/α-hetero) is 1. The number of carboxylic acid groups (broad SMARTS) is 1. The van der Waals surface area contributed by atoms with E-state index in [4.69, 9.17) is 5.11 Å². The summed E-state index contributed by atoms with van der Waals surface area (Å²) in [5.74, 6) is -1.12.